The molecule has 2 aliphatic heterocycles. The number of rotatable bonds is 3. The minimum atomic E-state index is -0.449. The van der Waals surface area contributed by atoms with Crippen molar-refractivity contribution in [3.8, 4) is 5.69 Å². The number of carbonyl (C=O) groups is 1. The number of benzene rings is 2. The van der Waals surface area contributed by atoms with Gasteiger partial charge in [-0.3, -0.25) is 10.2 Å². The average molecular weight is 466 g/mol. The van der Waals surface area contributed by atoms with Gasteiger partial charge in [-0.05, 0) is 66.9 Å². The number of amides is 1. The first kappa shape index (κ1) is 20.4. The molecule has 166 valence electrons. The molecule has 2 aromatic carbocycles. The summed E-state index contributed by atoms with van der Waals surface area (Å²) in [5, 5.41) is 17.7. The molecular weight excluding hydrogens is 446 g/mol. The van der Waals surface area contributed by atoms with Gasteiger partial charge in [-0.2, -0.15) is 15.1 Å². The number of hydrazone groups is 1. The Morgan fingerprint density at radius 3 is 2.71 bits per heavy atom. The van der Waals surface area contributed by atoms with E-state index in [2.05, 4.69) is 38.9 Å². The molecule has 0 unspecified atom stereocenters. The van der Waals surface area contributed by atoms with Crippen LogP contribution < -0.4 is 0 Å². The lowest BCUT2D eigenvalue weighted by Gasteiger charge is -2.20. The van der Waals surface area contributed by atoms with E-state index in [1.165, 1.54) is 16.8 Å². The summed E-state index contributed by atoms with van der Waals surface area (Å²) >= 11 is 1.22. The maximum absolute atomic E-state index is 12.9. The average Bonchev–Trinajstić information content (AvgIpc) is 3.56. The van der Waals surface area contributed by atoms with Crippen molar-refractivity contribution in [3.05, 3.63) is 95.2 Å². The molecule has 4 aromatic rings. The summed E-state index contributed by atoms with van der Waals surface area (Å²) in [5.41, 5.74) is 4.15. The molecule has 0 aliphatic carbocycles. The number of hydrogen-bond acceptors (Lipinski definition) is 5. The molecule has 0 fully saturated rings. The maximum Gasteiger partial charge on any atom is 0.283 e. The molecule has 0 bridgehead atoms. The van der Waals surface area contributed by atoms with Crippen molar-refractivity contribution in [2.45, 2.75) is 13.8 Å². The minimum Gasteiger partial charge on any atom is -0.462 e. The Balaban J connectivity index is 1.41. The molecule has 0 spiro atoms. The van der Waals surface area contributed by atoms with Crippen LogP contribution in [0, 0.1) is 19.3 Å². The molecule has 0 saturated heterocycles. The first-order chi connectivity index (χ1) is 16.5. The number of fused-ring (bicyclic) bond motifs is 2. The van der Waals surface area contributed by atoms with Crippen LogP contribution in [0.2, 0.25) is 0 Å². The fraction of sp³-hybridized carbons (Fsp3) is 0.0769. The van der Waals surface area contributed by atoms with Gasteiger partial charge in [0, 0.05) is 16.8 Å². The fourth-order valence-corrected chi connectivity index (χ4v) is 5.21. The van der Waals surface area contributed by atoms with Crippen molar-refractivity contribution in [2.24, 2.45) is 10.1 Å². The first-order valence-electron chi connectivity index (χ1n) is 10.7. The summed E-state index contributed by atoms with van der Waals surface area (Å²) in [6, 6.07) is 20.1. The van der Waals surface area contributed by atoms with E-state index in [1.54, 1.807) is 24.5 Å². The van der Waals surface area contributed by atoms with Crippen LogP contribution in [0.25, 0.3) is 22.5 Å². The minimum absolute atomic E-state index is 0.000907. The molecule has 0 radical (unpaired) electrons. The number of aliphatic imine (C=N–C) groups is 1. The van der Waals surface area contributed by atoms with Crippen LogP contribution in [0.1, 0.15) is 22.7 Å². The van der Waals surface area contributed by atoms with Crippen LogP contribution >= 0.6 is 11.8 Å². The highest BCUT2D eigenvalue weighted by molar-refractivity contribution is 8.27. The SMILES string of the molecule is Cc1cc(/C=C2/C(=N)N3N=C(c4ccco4)SC3=NC2=O)c(C)n1-c1cccc2ccccc12. The van der Waals surface area contributed by atoms with Crippen molar-refractivity contribution in [3.63, 3.8) is 0 Å². The Morgan fingerprint density at radius 1 is 1.06 bits per heavy atom. The molecule has 6 rings (SSSR count). The molecule has 1 amide bonds. The largest absolute Gasteiger partial charge is 0.462 e. The number of nitrogens with one attached hydrogen (secondary N) is 1. The van der Waals surface area contributed by atoms with Gasteiger partial charge < -0.3 is 8.98 Å². The predicted molar refractivity (Wildman–Crippen MR) is 136 cm³/mol. The standard InChI is InChI=1S/C26H19N5O2S/c1-15-13-18(16(2)30(15)21-10-5-8-17-7-3-4-9-19(17)21)14-20-23(27)31-26(28-24(20)32)34-25(29-31)22-11-6-12-33-22/h3-14,27H,1-2H3/b20-14-,27-23?. The lowest BCUT2D eigenvalue weighted by Crippen LogP contribution is -2.35. The van der Waals surface area contributed by atoms with E-state index in [4.69, 9.17) is 9.83 Å². The van der Waals surface area contributed by atoms with Crippen LogP contribution in [0.3, 0.4) is 0 Å². The Bertz CT molecular complexity index is 1590. The Kier molecular flexibility index (Phi) is 4.63. The third-order valence-electron chi connectivity index (χ3n) is 5.96. The summed E-state index contributed by atoms with van der Waals surface area (Å²) < 4.78 is 7.59. The van der Waals surface area contributed by atoms with E-state index in [-0.39, 0.29) is 11.4 Å². The van der Waals surface area contributed by atoms with Crippen LogP contribution in [-0.4, -0.2) is 31.5 Å². The van der Waals surface area contributed by atoms with Gasteiger partial charge >= 0.3 is 0 Å². The summed E-state index contributed by atoms with van der Waals surface area (Å²) in [7, 11) is 0. The molecule has 1 N–H and O–H groups in total. The lowest BCUT2D eigenvalue weighted by molar-refractivity contribution is -0.114. The number of nitrogens with zero attached hydrogens (tertiary/aromatic N) is 4. The van der Waals surface area contributed by atoms with E-state index in [0.29, 0.717) is 16.0 Å². The van der Waals surface area contributed by atoms with Gasteiger partial charge in [-0.15, -0.1) is 0 Å². The quantitative estimate of drug-likeness (QED) is 0.404. The zero-order valence-electron chi connectivity index (χ0n) is 18.4. The van der Waals surface area contributed by atoms with Gasteiger partial charge in [-0.25, -0.2) is 0 Å². The van der Waals surface area contributed by atoms with E-state index >= 15 is 0 Å². The number of aryl methyl sites for hydroxylation is 1. The van der Waals surface area contributed by atoms with Crippen LogP contribution in [0.4, 0.5) is 0 Å². The van der Waals surface area contributed by atoms with Gasteiger partial charge in [-0.1, -0.05) is 36.4 Å². The molecular formula is C26H19N5O2S. The number of thioether (sulfide) groups is 1. The highest BCUT2D eigenvalue weighted by atomic mass is 32.2. The van der Waals surface area contributed by atoms with Gasteiger partial charge in [0.25, 0.3) is 5.91 Å². The molecule has 7 nitrogen and oxygen atoms in total. The molecule has 0 atom stereocenters. The molecule has 34 heavy (non-hydrogen) atoms. The van der Waals surface area contributed by atoms with Gasteiger partial charge in [0.15, 0.2) is 16.6 Å². The number of furan rings is 1. The second kappa shape index (κ2) is 7.71. The highest BCUT2D eigenvalue weighted by Crippen LogP contribution is 2.32. The lowest BCUT2D eigenvalue weighted by atomic mass is 10.1. The van der Waals surface area contributed by atoms with Gasteiger partial charge in [0.1, 0.15) is 0 Å². The monoisotopic (exact) mass is 465 g/mol. The molecule has 2 aromatic heterocycles. The zero-order valence-corrected chi connectivity index (χ0v) is 19.3. The van der Waals surface area contributed by atoms with Crippen molar-refractivity contribution >= 4 is 50.6 Å². The normalized spacial score (nSPS) is 16.9. The van der Waals surface area contributed by atoms with Gasteiger partial charge in [0.05, 0.1) is 17.5 Å². The van der Waals surface area contributed by atoms with E-state index in [9.17, 15) is 4.79 Å². The molecule has 4 heterocycles. The fourth-order valence-electron chi connectivity index (χ4n) is 4.36. The van der Waals surface area contributed by atoms with E-state index in [0.717, 1.165) is 33.4 Å². The summed E-state index contributed by atoms with van der Waals surface area (Å²) in [5.74, 6) is 0.125. The third kappa shape index (κ3) is 3.14. The smallest absolute Gasteiger partial charge is 0.283 e. The van der Waals surface area contributed by atoms with Crippen LogP contribution in [0.5, 0.6) is 0 Å². The topological polar surface area (TPSA) is 87.0 Å². The maximum atomic E-state index is 12.9. The van der Waals surface area contributed by atoms with Crippen molar-refractivity contribution in [1.82, 2.24) is 9.58 Å². The number of hydrogen-bond donors (Lipinski definition) is 1. The summed E-state index contributed by atoms with van der Waals surface area (Å²) in [6.07, 6.45) is 3.30. The van der Waals surface area contributed by atoms with Gasteiger partial charge in [0.2, 0.25) is 5.17 Å². The summed E-state index contributed by atoms with van der Waals surface area (Å²) in [4.78, 5) is 17.1. The summed E-state index contributed by atoms with van der Waals surface area (Å²) in [6.45, 7) is 4.06. The van der Waals surface area contributed by atoms with Crippen LogP contribution in [0.15, 0.2) is 87.0 Å². The molecule has 8 heteroatoms. The zero-order chi connectivity index (χ0) is 23.4. The number of aromatic nitrogens is 1. The van der Waals surface area contributed by atoms with E-state index < -0.39 is 5.91 Å². The Morgan fingerprint density at radius 2 is 1.88 bits per heavy atom. The van der Waals surface area contributed by atoms with E-state index in [1.807, 2.05) is 38.1 Å². The number of carbonyl (C=O) groups excluding carboxylic acids is 1. The Labute approximate surface area is 199 Å². The molecule has 0 saturated carbocycles. The predicted octanol–water partition coefficient (Wildman–Crippen LogP) is 5.51. The van der Waals surface area contributed by atoms with Crippen LogP contribution in [-0.2, 0) is 4.79 Å². The molecule has 2 aliphatic rings. The first-order valence-corrected chi connectivity index (χ1v) is 11.5. The number of amidine groups is 2. The van der Waals surface area contributed by atoms with Crippen molar-refractivity contribution in [2.75, 3.05) is 0 Å². The second-order valence-electron chi connectivity index (χ2n) is 8.06. The second-order valence-corrected chi connectivity index (χ2v) is 9.02. The van der Waals surface area contributed by atoms with Crippen molar-refractivity contribution < 1.29 is 9.21 Å². The highest BCUT2D eigenvalue weighted by Gasteiger charge is 2.36. The third-order valence-corrected chi connectivity index (χ3v) is 6.89. The Hall–Kier alpha value is -4.17. The van der Waals surface area contributed by atoms with Crippen molar-refractivity contribution in [1.29, 1.82) is 5.41 Å².